The molecular weight excluding hydrogens is 272 g/mol. The van der Waals surface area contributed by atoms with Crippen molar-refractivity contribution in [1.82, 2.24) is 5.32 Å². The van der Waals surface area contributed by atoms with Crippen LogP contribution in [0.5, 0.6) is 5.75 Å². The molecule has 0 radical (unpaired) electrons. The van der Waals surface area contributed by atoms with Crippen molar-refractivity contribution < 1.29 is 19.4 Å². The van der Waals surface area contributed by atoms with Gasteiger partial charge >= 0.3 is 5.97 Å². The molecule has 2 N–H and O–H groups in total. The van der Waals surface area contributed by atoms with Gasteiger partial charge in [-0.05, 0) is 31.1 Å². The Bertz CT molecular complexity index is 571. The molecule has 1 aromatic rings. The lowest BCUT2D eigenvalue weighted by Crippen LogP contribution is -2.53. The van der Waals surface area contributed by atoms with Crippen LogP contribution in [-0.2, 0) is 9.59 Å². The number of para-hydroxylation sites is 2. The van der Waals surface area contributed by atoms with E-state index >= 15 is 0 Å². The van der Waals surface area contributed by atoms with Gasteiger partial charge in [-0.25, -0.2) is 4.79 Å². The number of rotatable bonds is 3. The van der Waals surface area contributed by atoms with Crippen molar-refractivity contribution in [1.29, 1.82) is 0 Å². The fourth-order valence-corrected chi connectivity index (χ4v) is 2.68. The molecule has 0 saturated carbocycles. The van der Waals surface area contributed by atoms with E-state index in [1.807, 2.05) is 13.0 Å². The number of fused-ring (bicyclic) bond motifs is 1. The van der Waals surface area contributed by atoms with Crippen LogP contribution in [0.2, 0.25) is 0 Å². The van der Waals surface area contributed by atoms with Crippen LogP contribution >= 0.6 is 0 Å². The quantitative estimate of drug-likeness (QED) is 0.857. The molecule has 1 aromatic carbocycles. The monoisotopic (exact) mass is 290 g/mol. The van der Waals surface area contributed by atoms with Gasteiger partial charge in [-0.15, -0.1) is 0 Å². The Balaban J connectivity index is 1.88. The van der Waals surface area contributed by atoms with Crippen LogP contribution in [0.1, 0.15) is 6.92 Å². The average Bonchev–Trinajstić information content (AvgIpc) is 2.43. The summed E-state index contributed by atoms with van der Waals surface area (Å²) in [5.74, 6) is -0.463. The molecule has 1 saturated heterocycles. The lowest BCUT2D eigenvalue weighted by atomic mass is 9.87. The number of nitrogens with zero attached hydrogens (tertiary/aromatic N) is 1. The summed E-state index contributed by atoms with van der Waals surface area (Å²) in [6.07, 6.45) is -1.02. The molecule has 2 atom stereocenters. The highest BCUT2D eigenvalue weighted by Gasteiger charge is 2.38. The third-order valence-corrected chi connectivity index (χ3v) is 4.22. The molecule has 112 valence electrons. The second-order valence-electron chi connectivity index (χ2n) is 5.57. The van der Waals surface area contributed by atoms with Crippen molar-refractivity contribution in [3.05, 3.63) is 24.3 Å². The summed E-state index contributed by atoms with van der Waals surface area (Å²) in [5, 5.41) is 12.4. The minimum Gasteiger partial charge on any atom is -0.478 e. The number of carbonyl (C=O) groups is 2. The van der Waals surface area contributed by atoms with E-state index in [2.05, 4.69) is 5.32 Å². The van der Waals surface area contributed by atoms with Crippen LogP contribution < -0.4 is 15.0 Å². The molecular formula is C15H18N2O4. The zero-order valence-corrected chi connectivity index (χ0v) is 11.8. The van der Waals surface area contributed by atoms with Crippen LogP contribution in [-0.4, -0.2) is 42.7 Å². The summed E-state index contributed by atoms with van der Waals surface area (Å²) in [5.41, 5.74) is 0.652. The van der Waals surface area contributed by atoms with Gasteiger partial charge in [0.2, 0.25) is 12.0 Å². The number of hydrogen-bond acceptors (Lipinski definition) is 4. The molecule has 2 aliphatic heterocycles. The predicted molar refractivity (Wildman–Crippen MR) is 76.4 cm³/mol. The normalized spacial score (nSPS) is 22.7. The van der Waals surface area contributed by atoms with E-state index in [-0.39, 0.29) is 18.4 Å². The molecule has 2 aliphatic rings. The van der Waals surface area contributed by atoms with Gasteiger partial charge in [0.15, 0.2) is 0 Å². The van der Waals surface area contributed by atoms with E-state index in [4.69, 9.17) is 4.74 Å². The van der Waals surface area contributed by atoms with Gasteiger partial charge < -0.3 is 20.1 Å². The fraction of sp³-hybridized carbons (Fsp3) is 0.467. The van der Waals surface area contributed by atoms with Gasteiger partial charge in [-0.1, -0.05) is 19.1 Å². The number of carboxylic acid groups (broad SMARTS) is 1. The highest BCUT2D eigenvalue weighted by atomic mass is 16.5. The molecule has 1 amide bonds. The second-order valence-corrected chi connectivity index (χ2v) is 5.57. The largest absolute Gasteiger partial charge is 0.478 e. The summed E-state index contributed by atoms with van der Waals surface area (Å²) in [6, 6.07) is 7.07. The van der Waals surface area contributed by atoms with E-state index in [0.717, 1.165) is 13.1 Å². The molecule has 21 heavy (non-hydrogen) atoms. The van der Waals surface area contributed by atoms with Crippen LogP contribution in [0.4, 0.5) is 5.69 Å². The van der Waals surface area contributed by atoms with Gasteiger partial charge in [-0.2, -0.15) is 0 Å². The van der Waals surface area contributed by atoms with E-state index in [0.29, 0.717) is 17.4 Å². The minimum atomic E-state index is -1.06. The van der Waals surface area contributed by atoms with E-state index in [9.17, 15) is 14.7 Å². The van der Waals surface area contributed by atoms with E-state index < -0.39 is 12.1 Å². The zero-order chi connectivity index (χ0) is 15.0. The van der Waals surface area contributed by atoms with Gasteiger partial charge in [-0.3, -0.25) is 4.79 Å². The van der Waals surface area contributed by atoms with E-state index in [1.165, 1.54) is 0 Å². The van der Waals surface area contributed by atoms with Crippen molar-refractivity contribution >= 4 is 17.6 Å². The molecule has 3 rings (SSSR count). The van der Waals surface area contributed by atoms with Crippen molar-refractivity contribution in [2.24, 2.45) is 11.8 Å². The Morgan fingerprint density at radius 2 is 2.10 bits per heavy atom. The summed E-state index contributed by atoms with van der Waals surface area (Å²) >= 11 is 0. The molecule has 0 aliphatic carbocycles. The number of nitrogens with one attached hydrogen (secondary N) is 1. The van der Waals surface area contributed by atoms with Crippen LogP contribution in [0, 0.1) is 11.8 Å². The first-order valence-corrected chi connectivity index (χ1v) is 7.08. The number of benzene rings is 1. The number of amides is 1. The standard InChI is InChI=1S/C15H18N2O4/c1-9(10-6-16-7-10)14(18)17-8-13(15(19)20)21-12-5-3-2-4-11(12)17/h2-5,9-10,13,16H,6-8H2,1H3,(H,19,20). The fourth-order valence-electron chi connectivity index (χ4n) is 2.68. The third-order valence-electron chi connectivity index (χ3n) is 4.22. The van der Waals surface area contributed by atoms with Crippen molar-refractivity contribution in [3.8, 4) is 5.75 Å². The Morgan fingerprint density at radius 1 is 1.38 bits per heavy atom. The first-order valence-electron chi connectivity index (χ1n) is 7.08. The predicted octanol–water partition coefficient (Wildman–Crippen LogP) is 0.721. The highest BCUT2D eigenvalue weighted by Crippen LogP contribution is 2.35. The first kappa shape index (κ1) is 13.9. The Labute approximate surface area is 122 Å². The van der Waals surface area contributed by atoms with E-state index in [1.54, 1.807) is 23.1 Å². The van der Waals surface area contributed by atoms with Gasteiger partial charge in [0.1, 0.15) is 5.75 Å². The maximum atomic E-state index is 12.7. The second kappa shape index (κ2) is 5.37. The molecule has 2 heterocycles. The first-order chi connectivity index (χ1) is 10.1. The summed E-state index contributed by atoms with van der Waals surface area (Å²) in [4.78, 5) is 25.5. The molecule has 0 spiro atoms. The Kier molecular flexibility index (Phi) is 3.55. The highest BCUT2D eigenvalue weighted by molar-refractivity contribution is 5.98. The lowest BCUT2D eigenvalue weighted by Gasteiger charge is -2.38. The number of aliphatic carboxylic acids is 1. The van der Waals surface area contributed by atoms with Crippen LogP contribution in [0.15, 0.2) is 24.3 Å². The smallest absolute Gasteiger partial charge is 0.346 e. The zero-order valence-electron chi connectivity index (χ0n) is 11.8. The van der Waals surface area contributed by atoms with Crippen molar-refractivity contribution in [2.45, 2.75) is 13.0 Å². The van der Waals surface area contributed by atoms with Gasteiger partial charge in [0.05, 0.1) is 12.2 Å². The topological polar surface area (TPSA) is 78.9 Å². The number of hydrogen-bond donors (Lipinski definition) is 2. The van der Waals surface area contributed by atoms with Crippen molar-refractivity contribution in [2.75, 3.05) is 24.5 Å². The summed E-state index contributed by atoms with van der Waals surface area (Å²) in [7, 11) is 0. The molecule has 0 bridgehead atoms. The summed E-state index contributed by atoms with van der Waals surface area (Å²) < 4.78 is 5.45. The number of carbonyl (C=O) groups excluding carboxylic acids is 1. The number of carboxylic acids is 1. The molecule has 0 aromatic heterocycles. The van der Waals surface area contributed by atoms with Gasteiger partial charge in [0, 0.05) is 5.92 Å². The molecule has 6 heteroatoms. The lowest BCUT2D eigenvalue weighted by molar-refractivity contribution is -0.145. The SMILES string of the molecule is CC(C(=O)N1CC(C(=O)O)Oc2ccccc21)C1CNC1. The molecule has 2 unspecified atom stereocenters. The van der Waals surface area contributed by atoms with Crippen LogP contribution in [0.3, 0.4) is 0 Å². The summed E-state index contributed by atoms with van der Waals surface area (Å²) in [6.45, 7) is 3.62. The third kappa shape index (κ3) is 2.47. The van der Waals surface area contributed by atoms with Gasteiger partial charge in [0.25, 0.3) is 0 Å². The number of ether oxygens (including phenoxy) is 1. The Morgan fingerprint density at radius 3 is 2.71 bits per heavy atom. The molecule has 1 fully saturated rings. The molecule has 6 nitrogen and oxygen atoms in total. The average molecular weight is 290 g/mol. The van der Waals surface area contributed by atoms with Crippen molar-refractivity contribution in [3.63, 3.8) is 0 Å². The minimum absolute atomic E-state index is 0.0384. The maximum Gasteiger partial charge on any atom is 0.346 e. The van der Waals surface area contributed by atoms with Crippen LogP contribution in [0.25, 0.3) is 0 Å². The number of anilines is 1. The maximum absolute atomic E-state index is 12.7. The Hall–Kier alpha value is -2.08.